The van der Waals surface area contributed by atoms with Gasteiger partial charge in [0, 0.05) is 10.6 Å². The van der Waals surface area contributed by atoms with Gasteiger partial charge >= 0.3 is 5.97 Å². The molecule has 0 spiro atoms. The van der Waals surface area contributed by atoms with E-state index in [0.717, 1.165) is 16.0 Å². The predicted molar refractivity (Wildman–Crippen MR) is 87.4 cm³/mol. The van der Waals surface area contributed by atoms with Gasteiger partial charge in [-0.3, -0.25) is 14.5 Å². The minimum Gasteiger partial charge on any atom is -0.477 e. The van der Waals surface area contributed by atoms with Crippen LogP contribution in [0.3, 0.4) is 0 Å². The van der Waals surface area contributed by atoms with E-state index in [2.05, 4.69) is 10.1 Å². The van der Waals surface area contributed by atoms with Crippen molar-refractivity contribution in [2.75, 3.05) is 5.75 Å². The summed E-state index contributed by atoms with van der Waals surface area (Å²) in [6.07, 6.45) is 1.20. The van der Waals surface area contributed by atoms with Crippen LogP contribution in [0.4, 0.5) is 0 Å². The summed E-state index contributed by atoms with van der Waals surface area (Å²) in [7, 11) is 0. The fourth-order valence-corrected chi connectivity index (χ4v) is 4.61. The average molecular weight is 364 g/mol. The molecule has 24 heavy (non-hydrogen) atoms. The topological polar surface area (TPSA) is 123 Å². The number of rotatable bonds is 5. The third-order valence-electron chi connectivity index (χ3n) is 3.65. The Morgan fingerprint density at radius 2 is 2.33 bits per heavy atom. The Bertz CT molecular complexity index is 783. The molecule has 1 aromatic rings. The summed E-state index contributed by atoms with van der Waals surface area (Å²) in [5, 5.41) is 13.4. The number of aliphatic carboxylic acids is 1. The quantitative estimate of drug-likeness (QED) is 0.337. The fourth-order valence-electron chi connectivity index (χ4n) is 2.61. The number of carboxylic acids is 1. The third kappa shape index (κ3) is 2.86. The molecule has 10 heteroatoms. The minimum atomic E-state index is -1.27. The first-order chi connectivity index (χ1) is 11.5. The Morgan fingerprint density at radius 3 is 2.96 bits per heavy atom. The normalized spacial score (nSPS) is 22.3. The summed E-state index contributed by atoms with van der Waals surface area (Å²) in [6, 6.07) is 2.93. The molecule has 0 bridgehead atoms. The molecule has 0 radical (unpaired) electrons. The van der Waals surface area contributed by atoms with Crippen molar-refractivity contribution in [1.82, 2.24) is 10.2 Å². The first-order valence-corrected chi connectivity index (χ1v) is 8.86. The van der Waals surface area contributed by atoms with E-state index in [4.69, 9.17) is 5.53 Å². The molecule has 1 aromatic heterocycles. The number of hydrogen-bond donors (Lipinski definition) is 2. The fraction of sp³-hybridized carbons (Fsp3) is 0.286. The van der Waals surface area contributed by atoms with Gasteiger partial charge < -0.3 is 16.0 Å². The molecule has 2 aliphatic rings. The number of thioether (sulfide) groups is 1. The van der Waals surface area contributed by atoms with E-state index in [-0.39, 0.29) is 29.4 Å². The molecule has 2 amide bonds. The largest absolute Gasteiger partial charge is 0.477 e. The van der Waals surface area contributed by atoms with Gasteiger partial charge in [-0.15, -0.1) is 23.1 Å². The highest BCUT2D eigenvalue weighted by Crippen LogP contribution is 2.39. The van der Waals surface area contributed by atoms with Gasteiger partial charge in [0.05, 0.1) is 12.0 Å². The molecule has 0 aliphatic carbocycles. The summed E-state index contributed by atoms with van der Waals surface area (Å²) < 4.78 is 0. The van der Waals surface area contributed by atoms with E-state index in [1.807, 2.05) is 17.5 Å². The van der Waals surface area contributed by atoms with E-state index in [0.29, 0.717) is 0 Å². The van der Waals surface area contributed by atoms with Gasteiger partial charge in [-0.05, 0) is 11.4 Å². The Labute approximate surface area is 144 Å². The van der Waals surface area contributed by atoms with Crippen molar-refractivity contribution in [3.8, 4) is 0 Å². The first-order valence-electron chi connectivity index (χ1n) is 6.93. The number of nitrogens with one attached hydrogen (secondary N) is 1. The summed E-state index contributed by atoms with van der Waals surface area (Å²) >= 11 is 2.77. The summed E-state index contributed by atoms with van der Waals surface area (Å²) in [5.41, 5.74) is 8.67. The van der Waals surface area contributed by atoms with E-state index in [1.54, 1.807) is 0 Å². The molecular weight excluding hydrogens is 352 g/mol. The van der Waals surface area contributed by atoms with Crippen LogP contribution in [0.15, 0.2) is 28.8 Å². The molecular formula is C14H12N4O4S2. The van der Waals surface area contributed by atoms with Gasteiger partial charge in [0.2, 0.25) is 5.91 Å². The second-order valence-corrected chi connectivity index (χ2v) is 7.27. The number of thiophene rings is 1. The van der Waals surface area contributed by atoms with Crippen LogP contribution in [0.2, 0.25) is 0 Å². The van der Waals surface area contributed by atoms with Crippen molar-refractivity contribution < 1.29 is 24.3 Å². The second-order valence-electron chi connectivity index (χ2n) is 5.13. The monoisotopic (exact) mass is 364 g/mol. The molecule has 0 aromatic carbocycles. The van der Waals surface area contributed by atoms with Gasteiger partial charge in [0.25, 0.3) is 12.1 Å². The molecule has 3 rings (SSSR count). The lowest BCUT2D eigenvalue weighted by molar-refractivity contribution is -0.150. The molecule has 0 unspecified atom stereocenters. The molecule has 124 valence electrons. The van der Waals surface area contributed by atoms with Crippen LogP contribution in [-0.2, 0) is 20.8 Å². The van der Waals surface area contributed by atoms with E-state index < -0.39 is 23.3 Å². The molecule has 3 heterocycles. The van der Waals surface area contributed by atoms with Crippen LogP contribution in [0.5, 0.6) is 0 Å². The molecule has 2 atom stereocenters. The Morgan fingerprint density at radius 1 is 1.54 bits per heavy atom. The Kier molecular flexibility index (Phi) is 4.52. The number of fused-ring (bicyclic) bond motifs is 1. The molecule has 1 fully saturated rings. The van der Waals surface area contributed by atoms with Crippen LogP contribution in [0, 0.1) is 0 Å². The summed E-state index contributed by atoms with van der Waals surface area (Å²) in [6.45, 7) is 0. The number of amides is 2. The van der Waals surface area contributed by atoms with Crippen molar-refractivity contribution in [3.63, 3.8) is 0 Å². The lowest BCUT2D eigenvalue weighted by Crippen LogP contribution is -2.70. The highest BCUT2D eigenvalue weighted by atomic mass is 32.2. The maximum Gasteiger partial charge on any atom is 0.353 e. The zero-order valence-corrected chi connectivity index (χ0v) is 13.8. The Hall–Kier alpha value is -2.42. The minimum absolute atomic E-state index is 0.183. The first kappa shape index (κ1) is 16.4. The van der Waals surface area contributed by atoms with Crippen LogP contribution in [0.25, 0.3) is 5.53 Å². The van der Waals surface area contributed by atoms with Gasteiger partial charge in [-0.1, -0.05) is 6.07 Å². The van der Waals surface area contributed by atoms with Crippen molar-refractivity contribution >= 4 is 47.1 Å². The number of nitrogens with zero attached hydrogens (tertiary/aromatic N) is 3. The van der Waals surface area contributed by atoms with Gasteiger partial charge in [0.1, 0.15) is 17.1 Å². The van der Waals surface area contributed by atoms with Crippen LogP contribution >= 0.6 is 23.1 Å². The average Bonchev–Trinajstić information content (AvgIpc) is 3.05. The van der Waals surface area contributed by atoms with E-state index >= 15 is 0 Å². The number of β-lactam (4-membered cyclic amide) rings is 1. The standard InChI is InChI=1S/C14H12N4O4S2/c15-16-5-7-6-24-13-10(12(20)18(13)11(7)14(21)22)17-9(19)4-8-2-1-3-23-8/h1-3,5,10,13H,4,6H2,(H,17,19)(H,21,22)/t10-,13+/m1/s1. The maximum absolute atomic E-state index is 12.3. The third-order valence-corrected chi connectivity index (χ3v) is 5.82. The summed E-state index contributed by atoms with van der Waals surface area (Å²) in [5.74, 6) is -1.75. The molecule has 1 saturated heterocycles. The number of carbonyl (C=O) groups excluding carboxylic acids is 2. The van der Waals surface area contributed by atoms with Crippen molar-refractivity contribution in [2.45, 2.75) is 17.8 Å². The van der Waals surface area contributed by atoms with Crippen molar-refractivity contribution in [1.29, 1.82) is 0 Å². The lowest BCUT2D eigenvalue weighted by atomic mass is 10.0. The Balaban J connectivity index is 1.73. The zero-order chi connectivity index (χ0) is 17.3. The highest BCUT2D eigenvalue weighted by Gasteiger charge is 2.54. The maximum atomic E-state index is 12.3. The van der Waals surface area contributed by atoms with E-state index in [9.17, 15) is 19.5 Å². The van der Waals surface area contributed by atoms with Crippen LogP contribution < -0.4 is 5.32 Å². The second kappa shape index (κ2) is 6.60. The molecule has 2 aliphatic heterocycles. The number of carboxylic acid groups (broad SMARTS) is 1. The lowest BCUT2D eigenvalue weighted by Gasteiger charge is -2.48. The number of carbonyl (C=O) groups is 3. The van der Waals surface area contributed by atoms with Gasteiger partial charge in [0.15, 0.2) is 0 Å². The molecule has 0 saturated carbocycles. The van der Waals surface area contributed by atoms with Crippen molar-refractivity contribution in [3.05, 3.63) is 39.2 Å². The van der Waals surface area contributed by atoms with Crippen LogP contribution in [0.1, 0.15) is 4.88 Å². The van der Waals surface area contributed by atoms with Gasteiger partial charge in [-0.2, -0.15) is 4.79 Å². The van der Waals surface area contributed by atoms with Gasteiger partial charge in [-0.25, -0.2) is 4.79 Å². The molecule has 2 N–H and O–H groups in total. The SMILES string of the molecule is [N-]=[N+]=CC1=C(C(=O)O)N2C(=O)[C@@H](NC(=O)Cc3cccs3)[C@@H]2SC1. The van der Waals surface area contributed by atoms with Crippen molar-refractivity contribution in [2.24, 2.45) is 0 Å². The summed E-state index contributed by atoms with van der Waals surface area (Å²) in [4.78, 5) is 40.6. The molecule has 8 nitrogen and oxygen atoms in total. The zero-order valence-electron chi connectivity index (χ0n) is 12.2. The van der Waals surface area contributed by atoms with E-state index in [1.165, 1.54) is 23.1 Å². The number of hydrogen-bond acceptors (Lipinski definition) is 5. The van der Waals surface area contributed by atoms with Crippen LogP contribution in [-0.4, -0.2) is 56.0 Å². The smallest absolute Gasteiger partial charge is 0.353 e. The predicted octanol–water partition coefficient (Wildman–Crippen LogP) is 0.330. The highest BCUT2D eigenvalue weighted by molar-refractivity contribution is 8.00.